The summed E-state index contributed by atoms with van der Waals surface area (Å²) in [4.78, 5) is 18.8. The topological polar surface area (TPSA) is 32.8 Å². The summed E-state index contributed by atoms with van der Waals surface area (Å²) in [5.74, 6) is 0.343. The van der Waals surface area contributed by atoms with E-state index in [1.165, 1.54) is 60.0 Å². The summed E-state index contributed by atoms with van der Waals surface area (Å²) in [5, 5.41) is 3.66. The zero-order valence-electron chi connectivity index (χ0n) is 18.6. The van der Waals surface area contributed by atoms with Crippen LogP contribution in [0.2, 0.25) is 0 Å². The van der Waals surface area contributed by atoms with E-state index < -0.39 is 0 Å². The summed E-state index contributed by atoms with van der Waals surface area (Å²) in [6.45, 7) is 3.28. The first-order valence-corrected chi connectivity index (χ1v) is 13.2. The number of thiophene rings is 1. The van der Waals surface area contributed by atoms with Crippen molar-refractivity contribution in [1.29, 1.82) is 0 Å². The highest BCUT2D eigenvalue weighted by Crippen LogP contribution is 2.45. The summed E-state index contributed by atoms with van der Waals surface area (Å²) in [6, 6.07) is 7.30. The van der Waals surface area contributed by atoms with Gasteiger partial charge in [-0.1, -0.05) is 12.1 Å². The molecule has 1 aromatic heterocycles. The third-order valence-corrected chi connectivity index (χ3v) is 9.64. The minimum atomic E-state index is 0.00800. The fraction of sp³-hybridized carbons (Fsp3) is 0.654. The van der Waals surface area contributed by atoms with Gasteiger partial charge >= 0.3 is 0 Å². The Morgan fingerprint density at radius 2 is 2.06 bits per heavy atom. The largest absolute Gasteiger partial charge is 0.375 e. The molecule has 3 fully saturated rings. The molecule has 1 aromatic carbocycles. The van der Waals surface area contributed by atoms with Crippen LogP contribution in [0.25, 0.3) is 10.1 Å². The Kier molecular flexibility index (Phi) is 5.12. The molecule has 5 heteroatoms. The van der Waals surface area contributed by atoms with Crippen LogP contribution in [0.4, 0.5) is 0 Å². The van der Waals surface area contributed by atoms with Gasteiger partial charge in [-0.15, -0.1) is 11.3 Å². The smallest absolute Gasteiger partial charge is 0.230 e. The van der Waals surface area contributed by atoms with E-state index in [9.17, 15) is 4.79 Å². The van der Waals surface area contributed by atoms with Crippen molar-refractivity contribution in [2.75, 3.05) is 26.7 Å². The lowest BCUT2D eigenvalue weighted by atomic mass is 9.75. The number of amides is 1. The highest BCUT2D eigenvalue weighted by Gasteiger charge is 2.48. The molecular formula is C26H34N2O2S. The van der Waals surface area contributed by atoms with Crippen molar-refractivity contribution in [3.05, 3.63) is 34.7 Å². The molecule has 0 unspecified atom stereocenters. The van der Waals surface area contributed by atoms with Crippen LogP contribution in [0.1, 0.15) is 68.4 Å². The van der Waals surface area contributed by atoms with Crippen molar-refractivity contribution in [3.8, 4) is 0 Å². The Labute approximate surface area is 189 Å². The maximum Gasteiger partial charge on any atom is 0.230 e. The van der Waals surface area contributed by atoms with Crippen molar-refractivity contribution in [2.45, 2.75) is 81.4 Å². The summed E-state index contributed by atoms with van der Waals surface area (Å²) >= 11 is 1.83. The van der Waals surface area contributed by atoms with Gasteiger partial charge in [0.15, 0.2) is 0 Å². The fourth-order valence-electron chi connectivity index (χ4n) is 7.01. The van der Waals surface area contributed by atoms with E-state index in [0.717, 1.165) is 38.7 Å². The molecule has 4 aliphatic rings. The molecule has 0 radical (unpaired) electrons. The van der Waals surface area contributed by atoms with Gasteiger partial charge in [0.1, 0.15) is 0 Å². The third-order valence-electron chi connectivity index (χ3n) is 8.64. The second kappa shape index (κ2) is 7.86. The maximum atomic E-state index is 13.9. The van der Waals surface area contributed by atoms with Crippen LogP contribution in [0.3, 0.4) is 0 Å². The van der Waals surface area contributed by atoms with E-state index in [-0.39, 0.29) is 11.5 Å². The number of benzene rings is 1. The van der Waals surface area contributed by atoms with E-state index in [0.29, 0.717) is 18.0 Å². The second-order valence-corrected chi connectivity index (χ2v) is 11.2. The van der Waals surface area contributed by atoms with E-state index in [1.807, 2.05) is 11.3 Å². The first-order chi connectivity index (χ1) is 15.2. The van der Waals surface area contributed by atoms with Gasteiger partial charge in [-0.2, -0.15) is 0 Å². The standard InChI is InChI=1S/C26H34N2O2S/c1-27(25(29)20-9-8-18-17-31-23-7-4-6-19(20)24(18)23)21-10-12-26(11-5-15-30-26)16-22(21)28-13-2-3-14-28/h4,6-7,17,20-22H,2-3,5,8-16H2,1H3/t20-,21-,22-,26+/m0/s1. The summed E-state index contributed by atoms with van der Waals surface area (Å²) < 4.78 is 7.65. The molecule has 4 atom stereocenters. The normalized spacial score (nSPS) is 33.4. The molecule has 0 N–H and O–H groups in total. The lowest BCUT2D eigenvalue weighted by molar-refractivity contribution is -0.139. The van der Waals surface area contributed by atoms with E-state index in [1.54, 1.807) is 0 Å². The Bertz CT molecular complexity index is 973. The molecule has 2 aromatic rings. The predicted octanol–water partition coefficient (Wildman–Crippen LogP) is 4.96. The molecular weight excluding hydrogens is 404 g/mol. The third kappa shape index (κ3) is 3.35. The lowest BCUT2D eigenvalue weighted by Crippen LogP contribution is -2.58. The number of carbonyl (C=O) groups excluding carboxylic acids is 1. The molecule has 3 heterocycles. The number of hydrogen-bond donors (Lipinski definition) is 0. The zero-order valence-corrected chi connectivity index (χ0v) is 19.5. The van der Waals surface area contributed by atoms with E-state index >= 15 is 0 Å². The number of nitrogens with zero attached hydrogens (tertiary/aromatic N) is 2. The number of rotatable bonds is 3. The number of aryl methyl sites for hydroxylation is 1. The molecule has 1 amide bonds. The first kappa shape index (κ1) is 20.2. The van der Waals surface area contributed by atoms with Crippen LogP contribution in [0.5, 0.6) is 0 Å². The van der Waals surface area contributed by atoms with Gasteiger partial charge in [0, 0.05) is 30.4 Å². The predicted molar refractivity (Wildman–Crippen MR) is 126 cm³/mol. The number of ether oxygens (including phenoxy) is 1. The number of hydrogen-bond acceptors (Lipinski definition) is 4. The molecule has 2 aliphatic heterocycles. The monoisotopic (exact) mass is 438 g/mol. The number of likely N-dealkylation sites (tertiary alicyclic amines) is 1. The van der Waals surface area contributed by atoms with Gasteiger partial charge < -0.3 is 9.64 Å². The van der Waals surface area contributed by atoms with Gasteiger partial charge in [-0.25, -0.2) is 0 Å². The SMILES string of the molecule is CN(C(=O)[C@H]1CCc2csc3cccc1c23)[C@H]1CC[C@]2(CCCO2)C[C@@H]1N1CCCC1. The Hall–Kier alpha value is -1.43. The molecule has 2 saturated heterocycles. The summed E-state index contributed by atoms with van der Waals surface area (Å²) in [7, 11) is 2.09. The van der Waals surface area contributed by atoms with Crippen LogP contribution in [0.15, 0.2) is 23.6 Å². The average Bonchev–Trinajstić information content (AvgIpc) is 3.56. The van der Waals surface area contributed by atoms with Crippen molar-refractivity contribution in [3.63, 3.8) is 0 Å². The van der Waals surface area contributed by atoms with Gasteiger partial charge in [0.2, 0.25) is 5.91 Å². The average molecular weight is 439 g/mol. The van der Waals surface area contributed by atoms with Crippen molar-refractivity contribution in [1.82, 2.24) is 9.80 Å². The minimum Gasteiger partial charge on any atom is -0.375 e. The van der Waals surface area contributed by atoms with E-state index in [4.69, 9.17) is 4.74 Å². The van der Waals surface area contributed by atoms with Gasteiger partial charge in [-0.3, -0.25) is 9.69 Å². The fourth-order valence-corrected chi connectivity index (χ4v) is 8.04. The van der Waals surface area contributed by atoms with Crippen LogP contribution >= 0.6 is 11.3 Å². The number of carbonyl (C=O) groups is 1. The quantitative estimate of drug-likeness (QED) is 0.679. The Balaban J connectivity index is 1.28. The van der Waals surface area contributed by atoms with E-state index in [2.05, 4.69) is 40.4 Å². The summed E-state index contributed by atoms with van der Waals surface area (Å²) in [5.41, 5.74) is 2.78. The van der Waals surface area contributed by atoms with Gasteiger partial charge in [0.05, 0.1) is 11.5 Å². The minimum absolute atomic E-state index is 0.00800. The van der Waals surface area contributed by atoms with Crippen molar-refractivity contribution in [2.24, 2.45) is 0 Å². The highest BCUT2D eigenvalue weighted by molar-refractivity contribution is 7.17. The molecule has 166 valence electrons. The van der Waals surface area contributed by atoms with Crippen LogP contribution in [0, 0.1) is 0 Å². The molecule has 4 nitrogen and oxygen atoms in total. The second-order valence-electron chi connectivity index (χ2n) is 10.3. The molecule has 0 bridgehead atoms. The molecule has 2 aliphatic carbocycles. The molecule has 1 saturated carbocycles. The number of likely N-dealkylation sites (N-methyl/N-ethyl adjacent to an activating group) is 1. The maximum absolute atomic E-state index is 13.9. The zero-order chi connectivity index (χ0) is 21.0. The Morgan fingerprint density at radius 3 is 2.87 bits per heavy atom. The Morgan fingerprint density at radius 1 is 1.19 bits per heavy atom. The van der Waals surface area contributed by atoms with Crippen LogP contribution < -0.4 is 0 Å². The molecule has 6 rings (SSSR count). The van der Waals surface area contributed by atoms with Crippen LogP contribution in [-0.4, -0.2) is 60.1 Å². The summed E-state index contributed by atoms with van der Waals surface area (Å²) in [6.07, 6.45) is 10.2. The van der Waals surface area contributed by atoms with Crippen LogP contribution in [-0.2, 0) is 16.0 Å². The highest BCUT2D eigenvalue weighted by atomic mass is 32.1. The van der Waals surface area contributed by atoms with Gasteiger partial charge in [0.25, 0.3) is 0 Å². The van der Waals surface area contributed by atoms with Gasteiger partial charge in [-0.05, 0) is 98.8 Å². The van der Waals surface area contributed by atoms with Crippen molar-refractivity contribution < 1.29 is 9.53 Å². The van der Waals surface area contributed by atoms with Crippen molar-refractivity contribution >= 4 is 27.3 Å². The lowest BCUT2D eigenvalue weighted by Gasteiger charge is -2.49. The first-order valence-electron chi connectivity index (χ1n) is 12.3. The molecule has 1 spiro atoms. The molecule has 31 heavy (non-hydrogen) atoms.